The van der Waals surface area contributed by atoms with Crippen LogP contribution in [0.4, 0.5) is 5.69 Å². The molecule has 2 rings (SSSR count). The van der Waals surface area contributed by atoms with E-state index in [2.05, 4.69) is 19.2 Å². The van der Waals surface area contributed by atoms with E-state index in [0.29, 0.717) is 22.9 Å². The highest BCUT2D eigenvalue weighted by molar-refractivity contribution is 5.93. The minimum Gasteiger partial charge on any atom is -0.479 e. The van der Waals surface area contributed by atoms with Crippen LogP contribution < -0.4 is 10.1 Å². The molecule has 0 aliphatic heterocycles. The van der Waals surface area contributed by atoms with E-state index in [1.54, 1.807) is 24.3 Å². The molecule has 0 aromatic heterocycles. The quantitative estimate of drug-likeness (QED) is 0.756. The van der Waals surface area contributed by atoms with E-state index < -0.39 is 24.6 Å². The predicted molar refractivity (Wildman–Crippen MR) is 101 cm³/mol. The van der Waals surface area contributed by atoms with Crippen molar-refractivity contribution in [2.24, 2.45) is 0 Å². The number of carbonyl (C=O) groups is 2. The van der Waals surface area contributed by atoms with E-state index in [9.17, 15) is 9.59 Å². The molecule has 0 aliphatic rings. The lowest BCUT2D eigenvalue weighted by Gasteiger charge is -2.14. The van der Waals surface area contributed by atoms with Gasteiger partial charge in [0.05, 0.1) is 11.6 Å². The summed E-state index contributed by atoms with van der Waals surface area (Å²) >= 11 is 0. The molecule has 0 saturated heterocycles. The second kappa shape index (κ2) is 9.39. The zero-order chi connectivity index (χ0) is 19.8. The van der Waals surface area contributed by atoms with E-state index in [1.165, 1.54) is 12.5 Å². The third-order valence-corrected chi connectivity index (χ3v) is 3.83. The van der Waals surface area contributed by atoms with Gasteiger partial charge >= 0.3 is 5.97 Å². The number of ether oxygens (including phenoxy) is 2. The maximum absolute atomic E-state index is 12.0. The van der Waals surface area contributed by atoms with Gasteiger partial charge < -0.3 is 14.8 Å². The normalized spacial score (nSPS) is 11.4. The summed E-state index contributed by atoms with van der Waals surface area (Å²) in [5.41, 5.74) is 2.31. The third kappa shape index (κ3) is 6.15. The van der Waals surface area contributed by atoms with Crippen molar-refractivity contribution in [3.63, 3.8) is 0 Å². The highest BCUT2D eigenvalue weighted by Crippen LogP contribution is 2.17. The Balaban J connectivity index is 1.79. The topological polar surface area (TPSA) is 88.4 Å². The number of benzene rings is 2. The zero-order valence-corrected chi connectivity index (χ0v) is 15.6. The molecule has 1 amide bonds. The average molecular weight is 366 g/mol. The number of nitrogens with zero attached hydrogens (tertiary/aromatic N) is 1. The van der Waals surface area contributed by atoms with Crippen LogP contribution in [0.25, 0.3) is 0 Å². The van der Waals surface area contributed by atoms with Crippen LogP contribution in [0.2, 0.25) is 0 Å². The Morgan fingerprint density at radius 2 is 1.67 bits per heavy atom. The molecule has 1 atom stereocenters. The molecule has 6 heteroatoms. The molecule has 0 aliphatic carbocycles. The molecule has 0 spiro atoms. The SMILES string of the molecule is CC(C)c1ccc(NC(=O)COC(=O)[C@@H](C)Oc2ccc(C#N)cc2)cc1. The molecule has 2 aromatic carbocycles. The molecule has 0 bridgehead atoms. The van der Waals surface area contributed by atoms with Crippen molar-refractivity contribution in [3.8, 4) is 11.8 Å². The highest BCUT2D eigenvalue weighted by Gasteiger charge is 2.18. The lowest BCUT2D eigenvalue weighted by Crippen LogP contribution is -2.29. The third-order valence-electron chi connectivity index (χ3n) is 3.83. The molecule has 0 unspecified atom stereocenters. The molecule has 0 fully saturated rings. The van der Waals surface area contributed by atoms with Gasteiger partial charge in [-0.1, -0.05) is 26.0 Å². The number of carbonyl (C=O) groups excluding carboxylic acids is 2. The van der Waals surface area contributed by atoms with Gasteiger partial charge in [0, 0.05) is 5.69 Å². The van der Waals surface area contributed by atoms with Gasteiger partial charge in [0.1, 0.15) is 5.75 Å². The second-order valence-electron chi connectivity index (χ2n) is 6.33. The predicted octanol–water partition coefficient (Wildman–Crippen LogP) is 3.63. The molecule has 27 heavy (non-hydrogen) atoms. The van der Waals surface area contributed by atoms with Gasteiger partial charge in [-0.15, -0.1) is 0 Å². The number of nitrogens with one attached hydrogen (secondary N) is 1. The first-order valence-electron chi connectivity index (χ1n) is 8.62. The number of rotatable bonds is 7. The largest absolute Gasteiger partial charge is 0.479 e. The van der Waals surface area contributed by atoms with Crippen molar-refractivity contribution in [2.45, 2.75) is 32.8 Å². The van der Waals surface area contributed by atoms with Crippen LogP contribution in [0.5, 0.6) is 5.75 Å². The van der Waals surface area contributed by atoms with Crippen molar-refractivity contribution >= 4 is 17.6 Å². The number of hydrogen-bond donors (Lipinski definition) is 1. The second-order valence-corrected chi connectivity index (χ2v) is 6.33. The van der Waals surface area contributed by atoms with Crippen molar-refractivity contribution < 1.29 is 19.1 Å². The van der Waals surface area contributed by atoms with Gasteiger partial charge in [-0.25, -0.2) is 4.79 Å². The highest BCUT2D eigenvalue weighted by atomic mass is 16.6. The summed E-state index contributed by atoms with van der Waals surface area (Å²) in [6, 6.07) is 15.9. The lowest BCUT2D eigenvalue weighted by atomic mass is 10.0. The standard InChI is InChI=1S/C21H22N2O4/c1-14(2)17-6-8-18(9-7-17)23-20(24)13-26-21(25)15(3)27-19-10-4-16(12-22)5-11-19/h4-11,14-15H,13H2,1-3H3,(H,23,24)/t15-/m1/s1. The van der Waals surface area contributed by atoms with Gasteiger partial charge in [-0.2, -0.15) is 5.26 Å². The Bertz CT molecular complexity index is 821. The number of nitriles is 1. The Kier molecular flexibility index (Phi) is 6.95. The summed E-state index contributed by atoms with van der Waals surface area (Å²) in [5, 5.41) is 11.4. The van der Waals surface area contributed by atoms with Crippen LogP contribution in [-0.2, 0) is 14.3 Å². The van der Waals surface area contributed by atoms with Gasteiger partial charge in [-0.3, -0.25) is 4.79 Å². The monoisotopic (exact) mass is 366 g/mol. The van der Waals surface area contributed by atoms with Crippen molar-refractivity contribution in [1.82, 2.24) is 0 Å². The molecular formula is C21H22N2O4. The van der Waals surface area contributed by atoms with Crippen molar-refractivity contribution in [1.29, 1.82) is 5.26 Å². The van der Waals surface area contributed by atoms with Crippen LogP contribution >= 0.6 is 0 Å². The molecule has 2 aromatic rings. The Labute approximate surface area is 158 Å². The fourth-order valence-corrected chi connectivity index (χ4v) is 2.26. The molecular weight excluding hydrogens is 344 g/mol. The number of hydrogen-bond acceptors (Lipinski definition) is 5. The number of esters is 1. The summed E-state index contributed by atoms with van der Waals surface area (Å²) in [6.07, 6.45) is -0.879. The first kappa shape index (κ1) is 20.0. The maximum Gasteiger partial charge on any atom is 0.347 e. The van der Waals surface area contributed by atoms with Crippen LogP contribution in [0.15, 0.2) is 48.5 Å². The maximum atomic E-state index is 12.0. The first-order valence-corrected chi connectivity index (χ1v) is 8.62. The van der Waals surface area contributed by atoms with Gasteiger partial charge in [0.2, 0.25) is 0 Å². The van der Waals surface area contributed by atoms with Gasteiger partial charge in [0.15, 0.2) is 12.7 Å². The molecule has 0 heterocycles. The van der Waals surface area contributed by atoms with Gasteiger partial charge in [0.25, 0.3) is 5.91 Å². The van der Waals surface area contributed by atoms with Crippen molar-refractivity contribution in [2.75, 3.05) is 11.9 Å². The molecule has 6 nitrogen and oxygen atoms in total. The van der Waals surface area contributed by atoms with Crippen LogP contribution in [-0.4, -0.2) is 24.6 Å². The zero-order valence-electron chi connectivity index (χ0n) is 15.6. The summed E-state index contributed by atoms with van der Waals surface area (Å²) in [6.45, 7) is 5.32. The first-order chi connectivity index (χ1) is 12.9. The average Bonchev–Trinajstić information content (AvgIpc) is 2.67. The van der Waals surface area contributed by atoms with Gasteiger partial charge in [-0.05, 0) is 54.8 Å². The van der Waals surface area contributed by atoms with E-state index in [0.717, 1.165) is 0 Å². The van der Waals surface area contributed by atoms with Crippen molar-refractivity contribution in [3.05, 3.63) is 59.7 Å². The summed E-state index contributed by atoms with van der Waals surface area (Å²) in [5.74, 6) is -0.225. The molecule has 0 saturated carbocycles. The van der Waals surface area contributed by atoms with Crippen LogP contribution in [0, 0.1) is 11.3 Å². The molecule has 140 valence electrons. The Morgan fingerprint density at radius 1 is 1.04 bits per heavy atom. The summed E-state index contributed by atoms with van der Waals surface area (Å²) < 4.78 is 10.4. The fraction of sp³-hybridized carbons (Fsp3) is 0.286. The summed E-state index contributed by atoms with van der Waals surface area (Å²) in [4.78, 5) is 23.9. The van der Waals surface area contributed by atoms with Crippen LogP contribution in [0.1, 0.15) is 37.8 Å². The Hall–Kier alpha value is -3.33. The van der Waals surface area contributed by atoms with E-state index in [1.807, 2.05) is 30.3 Å². The summed E-state index contributed by atoms with van der Waals surface area (Å²) in [7, 11) is 0. The van der Waals surface area contributed by atoms with Crippen LogP contribution in [0.3, 0.4) is 0 Å². The minimum atomic E-state index is -0.879. The number of anilines is 1. The Morgan fingerprint density at radius 3 is 2.22 bits per heavy atom. The lowest BCUT2D eigenvalue weighted by molar-refractivity contribution is -0.153. The van der Waals surface area contributed by atoms with E-state index in [4.69, 9.17) is 14.7 Å². The minimum absolute atomic E-state index is 0.397. The van der Waals surface area contributed by atoms with E-state index in [-0.39, 0.29) is 0 Å². The smallest absolute Gasteiger partial charge is 0.347 e. The van der Waals surface area contributed by atoms with E-state index >= 15 is 0 Å². The molecule has 1 N–H and O–H groups in total. The molecule has 0 radical (unpaired) electrons. The number of amides is 1. The fourth-order valence-electron chi connectivity index (χ4n) is 2.26.